The predicted octanol–water partition coefficient (Wildman–Crippen LogP) is 4.15. The highest BCUT2D eigenvalue weighted by molar-refractivity contribution is 5.76. The molecule has 0 aliphatic heterocycles. The van der Waals surface area contributed by atoms with Gasteiger partial charge in [0.1, 0.15) is 5.82 Å². The summed E-state index contributed by atoms with van der Waals surface area (Å²) in [5.41, 5.74) is 4.42. The molecule has 7 heteroatoms. The van der Waals surface area contributed by atoms with Crippen molar-refractivity contribution in [3.05, 3.63) is 77.0 Å². The Hall–Kier alpha value is -3.61. The molecule has 5 rings (SSSR count). The fraction of sp³-hybridized carbons (Fsp3) is 0.292. The molecule has 0 bridgehead atoms. The van der Waals surface area contributed by atoms with Gasteiger partial charge < -0.3 is 5.32 Å². The third-order valence-electron chi connectivity index (χ3n) is 5.93. The molecule has 1 aliphatic carbocycles. The van der Waals surface area contributed by atoms with Gasteiger partial charge in [0.25, 0.3) is 5.56 Å². The molecule has 4 aromatic rings. The van der Waals surface area contributed by atoms with E-state index < -0.39 is 0 Å². The molecule has 0 amide bonds. The molecule has 0 spiro atoms. The average Bonchev–Trinajstić information content (AvgIpc) is 2.81. The first-order valence-corrected chi connectivity index (χ1v) is 10.7. The average molecular weight is 412 g/mol. The molecule has 1 N–H and O–H groups in total. The fourth-order valence-electron chi connectivity index (χ4n) is 4.25. The maximum Gasteiger partial charge on any atom is 0.267 e. The number of nitrogens with zero attached hydrogens (tertiary/aromatic N) is 5. The number of benzene rings is 1. The van der Waals surface area contributed by atoms with Gasteiger partial charge >= 0.3 is 0 Å². The van der Waals surface area contributed by atoms with E-state index in [4.69, 9.17) is 4.98 Å². The fourth-order valence-corrected chi connectivity index (χ4v) is 4.25. The Bertz CT molecular complexity index is 1260. The van der Waals surface area contributed by atoms with Crippen LogP contribution < -0.4 is 10.9 Å². The number of hydrogen-bond acceptors (Lipinski definition) is 6. The molecule has 0 unspecified atom stereocenters. The van der Waals surface area contributed by atoms with Crippen molar-refractivity contribution in [3.63, 3.8) is 0 Å². The van der Waals surface area contributed by atoms with E-state index in [0.29, 0.717) is 6.04 Å². The lowest BCUT2D eigenvalue weighted by Crippen LogP contribution is -2.33. The first kappa shape index (κ1) is 19.4. The largest absolute Gasteiger partial charge is 0.366 e. The second-order valence-electron chi connectivity index (χ2n) is 8.03. The SMILES string of the molecule is Cc1nc2ccccc2nc1NC1CCC(n2nc(-c3ccncc3)ccc2=O)CC1. The normalized spacial score (nSPS) is 18.7. The van der Waals surface area contributed by atoms with Crippen molar-refractivity contribution in [2.45, 2.75) is 44.7 Å². The second kappa shape index (κ2) is 8.26. The van der Waals surface area contributed by atoms with Gasteiger partial charge in [-0.3, -0.25) is 9.78 Å². The minimum atomic E-state index is -0.0505. The van der Waals surface area contributed by atoms with Crippen LogP contribution in [0.3, 0.4) is 0 Å². The second-order valence-corrected chi connectivity index (χ2v) is 8.03. The molecule has 156 valence electrons. The van der Waals surface area contributed by atoms with Gasteiger partial charge in [0.2, 0.25) is 0 Å². The number of rotatable bonds is 4. The van der Waals surface area contributed by atoms with Crippen LogP contribution in [0.4, 0.5) is 5.82 Å². The minimum Gasteiger partial charge on any atom is -0.366 e. The van der Waals surface area contributed by atoms with Crippen LogP contribution in [0, 0.1) is 6.92 Å². The number of nitrogens with one attached hydrogen (secondary N) is 1. The molecule has 7 nitrogen and oxygen atoms in total. The summed E-state index contributed by atoms with van der Waals surface area (Å²) in [6.45, 7) is 1.99. The van der Waals surface area contributed by atoms with Crippen LogP contribution in [-0.2, 0) is 0 Å². The molecule has 31 heavy (non-hydrogen) atoms. The monoisotopic (exact) mass is 412 g/mol. The van der Waals surface area contributed by atoms with Crippen molar-refractivity contribution in [1.29, 1.82) is 0 Å². The van der Waals surface area contributed by atoms with Gasteiger partial charge in [0.05, 0.1) is 28.5 Å². The van der Waals surface area contributed by atoms with Gasteiger partial charge in [-0.05, 0) is 62.9 Å². The third-order valence-corrected chi connectivity index (χ3v) is 5.93. The van der Waals surface area contributed by atoms with Crippen LogP contribution >= 0.6 is 0 Å². The summed E-state index contributed by atoms with van der Waals surface area (Å²) in [5.74, 6) is 0.845. The molecule has 3 aromatic heterocycles. The van der Waals surface area contributed by atoms with Crippen LogP contribution in [-0.4, -0.2) is 30.8 Å². The molecule has 1 aliphatic rings. The summed E-state index contributed by atoms with van der Waals surface area (Å²) in [5, 5.41) is 8.23. The third kappa shape index (κ3) is 4.03. The predicted molar refractivity (Wildman–Crippen MR) is 121 cm³/mol. The zero-order chi connectivity index (χ0) is 21.2. The van der Waals surface area contributed by atoms with E-state index in [9.17, 15) is 4.79 Å². The standard InChI is InChI=1S/C24H24N6O/c1-16-24(28-22-5-3-2-4-21(22)26-16)27-18-6-8-19(9-7-18)30-23(31)11-10-20(29-30)17-12-14-25-15-13-17/h2-5,10-15,18-19H,6-9H2,1H3,(H,27,28). The Morgan fingerprint density at radius 2 is 1.61 bits per heavy atom. The van der Waals surface area contributed by atoms with Crippen LogP contribution in [0.1, 0.15) is 37.4 Å². The molecular weight excluding hydrogens is 388 g/mol. The summed E-state index contributed by atoms with van der Waals surface area (Å²) in [6, 6.07) is 15.5. The highest BCUT2D eigenvalue weighted by Crippen LogP contribution is 2.30. The van der Waals surface area contributed by atoms with Crippen molar-refractivity contribution in [1.82, 2.24) is 24.7 Å². The van der Waals surface area contributed by atoms with Crippen molar-refractivity contribution in [3.8, 4) is 11.3 Å². The highest BCUT2D eigenvalue weighted by Gasteiger charge is 2.25. The number of aromatic nitrogens is 5. The number of fused-ring (bicyclic) bond motifs is 1. The lowest BCUT2D eigenvalue weighted by atomic mass is 9.91. The molecule has 1 saturated carbocycles. The van der Waals surface area contributed by atoms with Gasteiger partial charge in [0, 0.05) is 30.1 Å². The molecule has 1 aromatic carbocycles. The van der Waals surface area contributed by atoms with Crippen LogP contribution in [0.15, 0.2) is 65.7 Å². The first-order chi connectivity index (χ1) is 15.2. The van der Waals surface area contributed by atoms with E-state index in [1.54, 1.807) is 29.2 Å². The zero-order valence-electron chi connectivity index (χ0n) is 17.4. The molecular formula is C24H24N6O. The number of anilines is 1. The van der Waals surface area contributed by atoms with E-state index in [-0.39, 0.29) is 11.6 Å². The van der Waals surface area contributed by atoms with Gasteiger partial charge in [-0.15, -0.1) is 0 Å². The Balaban J connectivity index is 1.30. The quantitative estimate of drug-likeness (QED) is 0.542. The maximum atomic E-state index is 12.5. The molecule has 3 heterocycles. The summed E-state index contributed by atoms with van der Waals surface area (Å²) in [7, 11) is 0. The topological polar surface area (TPSA) is 85.6 Å². The van der Waals surface area contributed by atoms with E-state index in [2.05, 4.69) is 20.4 Å². The summed E-state index contributed by atoms with van der Waals surface area (Å²) in [4.78, 5) is 26.0. The zero-order valence-corrected chi connectivity index (χ0v) is 17.4. The number of pyridine rings is 1. The van der Waals surface area contributed by atoms with Crippen molar-refractivity contribution in [2.75, 3.05) is 5.32 Å². The van der Waals surface area contributed by atoms with E-state index >= 15 is 0 Å². The van der Waals surface area contributed by atoms with Gasteiger partial charge in [-0.1, -0.05) is 12.1 Å². The summed E-state index contributed by atoms with van der Waals surface area (Å²) < 4.78 is 1.66. The van der Waals surface area contributed by atoms with Crippen LogP contribution in [0.2, 0.25) is 0 Å². The van der Waals surface area contributed by atoms with Gasteiger partial charge in [-0.2, -0.15) is 5.10 Å². The van der Waals surface area contributed by atoms with Crippen LogP contribution in [0.25, 0.3) is 22.3 Å². The Labute approximate surface area is 180 Å². The molecule has 0 radical (unpaired) electrons. The minimum absolute atomic E-state index is 0.0505. The van der Waals surface area contributed by atoms with Crippen molar-refractivity contribution >= 4 is 16.9 Å². The molecule has 0 saturated heterocycles. The Morgan fingerprint density at radius 3 is 2.35 bits per heavy atom. The number of hydrogen-bond donors (Lipinski definition) is 1. The Morgan fingerprint density at radius 1 is 0.903 bits per heavy atom. The lowest BCUT2D eigenvalue weighted by molar-refractivity contribution is 0.304. The van der Waals surface area contributed by atoms with E-state index in [1.165, 1.54) is 0 Å². The number of aryl methyl sites for hydroxylation is 1. The lowest BCUT2D eigenvalue weighted by Gasteiger charge is -2.30. The highest BCUT2D eigenvalue weighted by atomic mass is 16.1. The first-order valence-electron chi connectivity index (χ1n) is 10.7. The smallest absolute Gasteiger partial charge is 0.267 e. The summed E-state index contributed by atoms with van der Waals surface area (Å²) >= 11 is 0. The molecule has 1 fully saturated rings. The molecule has 0 atom stereocenters. The van der Waals surface area contributed by atoms with Crippen LogP contribution in [0.5, 0.6) is 0 Å². The van der Waals surface area contributed by atoms with Crippen molar-refractivity contribution in [2.24, 2.45) is 0 Å². The summed E-state index contributed by atoms with van der Waals surface area (Å²) in [6.07, 6.45) is 7.16. The Kier molecular flexibility index (Phi) is 5.16. The van der Waals surface area contributed by atoms with E-state index in [1.807, 2.05) is 43.3 Å². The maximum absolute atomic E-state index is 12.5. The van der Waals surface area contributed by atoms with Gasteiger partial charge in [-0.25, -0.2) is 14.6 Å². The van der Waals surface area contributed by atoms with Crippen molar-refractivity contribution < 1.29 is 0 Å². The van der Waals surface area contributed by atoms with Gasteiger partial charge in [0.15, 0.2) is 0 Å². The number of para-hydroxylation sites is 2. The van der Waals surface area contributed by atoms with E-state index in [0.717, 1.165) is 59.5 Å².